The molecule has 1 saturated carbocycles. The van der Waals surface area contributed by atoms with Crippen molar-refractivity contribution in [1.82, 2.24) is 9.55 Å². The molecule has 1 aliphatic rings. The number of nitro groups is 1. The highest BCUT2D eigenvalue weighted by Crippen LogP contribution is 2.36. The van der Waals surface area contributed by atoms with Gasteiger partial charge in [0.25, 0.3) is 0 Å². The summed E-state index contributed by atoms with van der Waals surface area (Å²) >= 11 is 0. The Hall–Kier alpha value is -1.59. The molecule has 6 heteroatoms. The molecule has 1 N–H and O–H groups in total. The van der Waals surface area contributed by atoms with Crippen LogP contribution >= 0.6 is 0 Å². The van der Waals surface area contributed by atoms with Crippen molar-refractivity contribution in [2.24, 2.45) is 18.9 Å². The SMILES string of the molecule is CC(CNc1c([N+](=O)[O-])ncn1C)C1CC1. The molecule has 6 nitrogen and oxygen atoms in total. The number of hydrogen-bond acceptors (Lipinski definition) is 4. The maximum Gasteiger partial charge on any atom is 0.406 e. The summed E-state index contributed by atoms with van der Waals surface area (Å²) in [6.07, 6.45) is 4.04. The quantitative estimate of drug-likeness (QED) is 0.611. The first-order valence-electron chi connectivity index (χ1n) is 5.49. The van der Waals surface area contributed by atoms with Crippen LogP contribution in [-0.4, -0.2) is 21.0 Å². The van der Waals surface area contributed by atoms with E-state index in [1.54, 1.807) is 11.6 Å². The van der Waals surface area contributed by atoms with Crippen molar-refractivity contribution in [2.75, 3.05) is 11.9 Å². The van der Waals surface area contributed by atoms with E-state index in [9.17, 15) is 10.1 Å². The number of nitrogens with one attached hydrogen (secondary N) is 1. The topological polar surface area (TPSA) is 73.0 Å². The molecule has 1 heterocycles. The first-order valence-corrected chi connectivity index (χ1v) is 5.49. The molecule has 0 saturated heterocycles. The monoisotopic (exact) mass is 224 g/mol. The van der Waals surface area contributed by atoms with Gasteiger partial charge in [0, 0.05) is 13.6 Å². The molecule has 0 amide bonds. The molecular formula is C10H16N4O2. The number of aryl methyl sites for hydroxylation is 1. The summed E-state index contributed by atoms with van der Waals surface area (Å²) < 4.78 is 1.65. The van der Waals surface area contributed by atoms with Crippen molar-refractivity contribution < 1.29 is 4.92 Å². The summed E-state index contributed by atoms with van der Waals surface area (Å²) in [4.78, 5) is 14.0. The zero-order valence-electron chi connectivity index (χ0n) is 9.51. The molecule has 1 fully saturated rings. The van der Waals surface area contributed by atoms with E-state index in [0.717, 1.165) is 12.5 Å². The molecule has 1 aromatic heterocycles. The minimum Gasteiger partial charge on any atom is -0.364 e. The number of imidazole rings is 1. The van der Waals surface area contributed by atoms with E-state index in [-0.39, 0.29) is 5.82 Å². The van der Waals surface area contributed by atoms with Gasteiger partial charge >= 0.3 is 5.82 Å². The fourth-order valence-electron chi connectivity index (χ4n) is 1.84. The molecule has 1 unspecified atom stereocenters. The molecule has 0 spiro atoms. The fraction of sp³-hybridized carbons (Fsp3) is 0.700. The number of anilines is 1. The standard InChI is InChI=1S/C10H16N4O2/c1-7(8-3-4-8)5-11-9-10(14(15)16)12-6-13(9)2/h6-8,11H,3-5H2,1-2H3. The van der Waals surface area contributed by atoms with Gasteiger partial charge in [0.2, 0.25) is 12.1 Å². The lowest BCUT2D eigenvalue weighted by atomic mass is 10.1. The van der Waals surface area contributed by atoms with Crippen LogP contribution in [0.2, 0.25) is 0 Å². The highest BCUT2D eigenvalue weighted by atomic mass is 16.6. The Morgan fingerprint density at radius 1 is 1.75 bits per heavy atom. The second-order valence-electron chi connectivity index (χ2n) is 4.48. The second kappa shape index (κ2) is 4.11. The molecule has 1 aliphatic carbocycles. The third-order valence-electron chi connectivity index (χ3n) is 3.11. The first kappa shape index (κ1) is 10.9. The highest BCUT2D eigenvalue weighted by molar-refractivity contribution is 5.51. The molecule has 0 aliphatic heterocycles. The Kier molecular flexibility index (Phi) is 2.80. The van der Waals surface area contributed by atoms with Gasteiger partial charge in [0.15, 0.2) is 0 Å². The Bertz CT molecular complexity index is 398. The number of aromatic nitrogens is 2. The van der Waals surface area contributed by atoms with Gasteiger partial charge in [0.1, 0.15) is 0 Å². The number of rotatable bonds is 5. The summed E-state index contributed by atoms with van der Waals surface area (Å²) in [6.45, 7) is 2.94. The summed E-state index contributed by atoms with van der Waals surface area (Å²) in [6, 6.07) is 0. The normalized spacial score (nSPS) is 17.1. The van der Waals surface area contributed by atoms with Crippen LogP contribution in [0.4, 0.5) is 11.6 Å². The van der Waals surface area contributed by atoms with E-state index in [4.69, 9.17) is 0 Å². The Labute approximate surface area is 93.8 Å². The zero-order chi connectivity index (χ0) is 11.7. The van der Waals surface area contributed by atoms with E-state index in [2.05, 4.69) is 17.2 Å². The van der Waals surface area contributed by atoms with Crippen molar-refractivity contribution in [3.63, 3.8) is 0 Å². The zero-order valence-corrected chi connectivity index (χ0v) is 9.51. The van der Waals surface area contributed by atoms with Crippen molar-refractivity contribution >= 4 is 11.6 Å². The molecular weight excluding hydrogens is 208 g/mol. The van der Waals surface area contributed by atoms with Crippen LogP contribution in [0.3, 0.4) is 0 Å². The molecule has 1 aromatic rings. The third-order valence-corrected chi connectivity index (χ3v) is 3.11. The van der Waals surface area contributed by atoms with E-state index >= 15 is 0 Å². The molecule has 2 rings (SSSR count). The molecule has 0 radical (unpaired) electrons. The first-order chi connectivity index (χ1) is 7.59. The lowest BCUT2D eigenvalue weighted by Crippen LogP contribution is -2.15. The fourth-order valence-corrected chi connectivity index (χ4v) is 1.84. The summed E-state index contributed by atoms with van der Waals surface area (Å²) in [7, 11) is 1.75. The summed E-state index contributed by atoms with van der Waals surface area (Å²) in [5, 5.41) is 13.8. The summed E-state index contributed by atoms with van der Waals surface area (Å²) in [5.41, 5.74) is 0. The predicted molar refractivity (Wildman–Crippen MR) is 60.2 cm³/mol. The van der Waals surface area contributed by atoms with E-state index in [0.29, 0.717) is 11.7 Å². The van der Waals surface area contributed by atoms with Crippen molar-refractivity contribution in [2.45, 2.75) is 19.8 Å². The van der Waals surface area contributed by atoms with Crippen LogP contribution in [0.15, 0.2) is 6.33 Å². The van der Waals surface area contributed by atoms with Crippen LogP contribution < -0.4 is 5.32 Å². The third kappa shape index (κ3) is 2.15. The van der Waals surface area contributed by atoms with E-state index < -0.39 is 4.92 Å². The molecule has 16 heavy (non-hydrogen) atoms. The Morgan fingerprint density at radius 2 is 2.44 bits per heavy atom. The second-order valence-corrected chi connectivity index (χ2v) is 4.48. The number of nitrogens with zero attached hydrogens (tertiary/aromatic N) is 3. The Balaban J connectivity index is 2.01. The van der Waals surface area contributed by atoms with Gasteiger partial charge in [-0.05, 0) is 34.6 Å². The minimum atomic E-state index is -0.454. The minimum absolute atomic E-state index is 0.0921. The van der Waals surface area contributed by atoms with Gasteiger partial charge in [-0.1, -0.05) is 6.92 Å². The van der Waals surface area contributed by atoms with Crippen molar-refractivity contribution in [1.29, 1.82) is 0 Å². The maximum absolute atomic E-state index is 10.7. The van der Waals surface area contributed by atoms with Crippen molar-refractivity contribution in [3.05, 3.63) is 16.4 Å². The van der Waals surface area contributed by atoms with Gasteiger partial charge in [-0.3, -0.25) is 4.57 Å². The Morgan fingerprint density at radius 3 is 3.00 bits per heavy atom. The smallest absolute Gasteiger partial charge is 0.364 e. The van der Waals surface area contributed by atoms with Crippen LogP contribution in [-0.2, 0) is 7.05 Å². The van der Waals surface area contributed by atoms with Gasteiger partial charge in [-0.15, -0.1) is 0 Å². The van der Waals surface area contributed by atoms with E-state index in [1.165, 1.54) is 19.2 Å². The van der Waals surface area contributed by atoms with Crippen LogP contribution in [0.1, 0.15) is 19.8 Å². The highest BCUT2D eigenvalue weighted by Gasteiger charge is 2.28. The molecule has 88 valence electrons. The van der Waals surface area contributed by atoms with Gasteiger partial charge in [0.05, 0.1) is 0 Å². The molecule has 0 aromatic carbocycles. The van der Waals surface area contributed by atoms with Crippen LogP contribution in [0.25, 0.3) is 0 Å². The molecule has 0 bridgehead atoms. The van der Waals surface area contributed by atoms with Gasteiger partial charge < -0.3 is 15.4 Å². The van der Waals surface area contributed by atoms with Gasteiger partial charge in [-0.25, -0.2) is 0 Å². The molecule has 1 atom stereocenters. The maximum atomic E-state index is 10.7. The van der Waals surface area contributed by atoms with Crippen LogP contribution in [0, 0.1) is 22.0 Å². The van der Waals surface area contributed by atoms with E-state index in [1.807, 2.05) is 0 Å². The lowest BCUT2D eigenvalue weighted by molar-refractivity contribution is -0.388. The van der Waals surface area contributed by atoms with Crippen molar-refractivity contribution in [3.8, 4) is 0 Å². The largest absolute Gasteiger partial charge is 0.406 e. The lowest BCUT2D eigenvalue weighted by Gasteiger charge is -2.11. The number of hydrogen-bond donors (Lipinski definition) is 1. The predicted octanol–water partition coefficient (Wildman–Crippen LogP) is 1.79. The average Bonchev–Trinajstić information content (AvgIpc) is 3.00. The van der Waals surface area contributed by atoms with Crippen LogP contribution in [0.5, 0.6) is 0 Å². The van der Waals surface area contributed by atoms with Gasteiger partial charge in [-0.2, -0.15) is 0 Å². The summed E-state index contributed by atoms with van der Waals surface area (Å²) in [5.74, 6) is 1.76. The average molecular weight is 224 g/mol.